The average Bonchev–Trinajstić information content (AvgIpc) is 3.19. The molecule has 0 unspecified atom stereocenters. The SMILES string of the molecule is COc1ccc(C)cc1N(CC(=O)NCc1nc(-c2ccccc2)no1)S(C)(=O)=O. The molecule has 1 amide bonds. The first-order valence-electron chi connectivity index (χ1n) is 9.05. The van der Waals surface area contributed by atoms with Crippen LogP contribution in [0.1, 0.15) is 11.5 Å². The molecule has 0 bridgehead atoms. The number of benzene rings is 2. The van der Waals surface area contributed by atoms with Crippen LogP contribution in [0.5, 0.6) is 5.75 Å². The number of hydrogen-bond donors (Lipinski definition) is 1. The van der Waals surface area contributed by atoms with Gasteiger partial charge in [-0.1, -0.05) is 41.6 Å². The molecule has 0 aliphatic carbocycles. The third-order valence-corrected chi connectivity index (χ3v) is 5.35. The van der Waals surface area contributed by atoms with Crippen LogP contribution in [-0.4, -0.2) is 44.4 Å². The Morgan fingerprint density at radius 1 is 1.20 bits per heavy atom. The molecule has 0 aliphatic rings. The molecule has 1 aromatic heterocycles. The molecule has 0 spiro atoms. The van der Waals surface area contributed by atoms with Gasteiger partial charge in [0.05, 0.1) is 25.6 Å². The molecule has 3 rings (SSSR count). The molecular formula is C20H22N4O5S. The van der Waals surface area contributed by atoms with Gasteiger partial charge in [0.2, 0.25) is 27.6 Å². The van der Waals surface area contributed by atoms with E-state index in [-0.39, 0.29) is 12.4 Å². The van der Waals surface area contributed by atoms with Crippen molar-refractivity contribution >= 4 is 21.6 Å². The van der Waals surface area contributed by atoms with E-state index in [9.17, 15) is 13.2 Å². The fourth-order valence-corrected chi connectivity index (χ4v) is 3.62. The lowest BCUT2D eigenvalue weighted by Gasteiger charge is -2.24. The summed E-state index contributed by atoms with van der Waals surface area (Å²) in [6.45, 7) is 1.38. The maximum Gasteiger partial charge on any atom is 0.246 e. The number of amides is 1. The molecule has 3 aromatic rings. The van der Waals surface area contributed by atoms with Gasteiger partial charge < -0.3 is 14.6 Å². The maximum atomic E-state index is 12.5. The molecule has 0 saturated carbocycles. The predicted molar refractivity (Wildman–Crippen MR) is 112 cm³/mol. The number of aromatic nitrogens is 2. The smallest absolute Gasteiger partial charge is 0.246 e. The number of ether oxygens (including phenoxy) is 1. The predicted octanol–water partition coefficient (Wildman–Crippen LogP) is 2.14. The van der Waals surface area contributed by atoms with Gasteiger partial charge in [0.25, 0.3) is 0 Å². The van der Waals surface area contributed by atoms with Crippen LogP contribution in [0.3, 0.4) is 0 Å². The maximum absolute atomic E-state index is 12.5. The van der Waals surface area contributed by atoms with Gasteiger partial charge in [-0.15, -0.1) is 0 Å². The monoisotopic (exact) mass is 430 g/mol. The highest BCUT2D eigenvalue weighted by molar-refractivity contribution is 7.92. The minimum Gasteiger partial charge on any atom is -0.495 e. The number of hydrogen-bond acceptors (Lipinski definition) is 7. The van der Waals surface area contributed by atoms with Crippen LogP contribution in [0, 0.1) is 6.92 Å². The molecule has 1 N–H and O–H groups in total. The first-order valence-corrected chi connectivity index (χ1v) is 10.9. The number of carbonyl (C=O) groups excluding carboxylic acids is 1. The molecule has 0 fully saturated rings. The molecule has 9 nitrogen and oxygen atoms in total. The lowest BCUT2D eigenvalue weighted by Crippen LogP contribution is -2.40. The van der Waals surface area contributed by atoms with Crippen molar-refractivity contribution in [3.05, 3.63) is 60.0 Å². The molecule has 0 saturated heterocycles. The average molecular weight is 430 g/mol. The number of anilines is 1. The van der Waals surface area contributed by atoms with Crippen LogP contribution >= 0.6 is 0 Å². The largest absolute Gasteiger partial charge is 0.495 e. The fourth-order valence-electron chi connectivity index (χ4n) is 2.77. The number of nitrogens with one attached hydrogen (secondary N) is 1. The molecule has 0 atom stereocenters. The standard InChI is InChI=1S/C20H22N4O5S/c1-14-9-10-17(28-2)16(11-14)24(30(3,26)27)13-18(25)21-12-19-22-20(23-29-19)15-7-5-4-6-8-15/h4-11H,12-13H2,1-3H3,(H,21,25). The summed E-state index contributed by atoms with van der Waals surface area (Å²) in [5.41, 5.74) is 1.91. The molecule has 30 heavy (non-hydrogen) atoms. The van der Waals surface area contributed by atoms with Crippen LogP contribution in [0.4, 0.5) is 5.69 Å². The second kappa shape index (κ2) is 8.95. The number of sulfonamides is 1. The number of rotatable bonds is 8. The summed E-state index contributed by atoms with van der Waals surface area (Å²) in [5.74, 6) is 0.440. The first-order chi connectivity index (χ1) is 14.3. The number of carbonyl (C=O) groups is 1. The van der Waals surface area contributed by atoms with Crippen molar-refractivity contribution in [1.29, 1.82) is 0 Å². The normalized spacial score (nSPS) is 11.2. The lowest BCUT2D eigenvalue weighted by molar-refractivity contribution is -0.119. The Hall–Kier alpha value is -3.40. The summed E-state index contributed by atoms with van der Waals surface area (Å²) < 4.78 is 36.1. The number of nitrogens with zero attached hydrogens (tertiary/aromatic N) is 3. The van der Waals surface area contributed by atoms with Crippen LogP contribution in [0.2, 0.25) is 0 Å². The lowest BCUT2D eigenvalue weighted by atomic mass is 10.2. The Bertz CT molecular complexity index is 1130. The number of aryl methyl sites for hydroxylation is 1. The summed E-state index contributed by atoms with van der Waals surface area (Å²) in [7, 11) is -2.30. The third-order valence-electron chi connectivity index (χ3n) is 4.23. The molecule has 0 aliphatic heterocycles. The number of methoxy groups -OCH3 is 1. The van der Waals surface area contributed by atoms with Crippen molar-refractivity contribution in [2.45, 2.75) is 13.5 Å². The Labute approximate surface area is 174 Å². The van der Waals surface area contributed by atoms with Gasteiger partial charge in [0.1, 0.15) is 12.3 Å². The van der Waals surface area contributed by atoms with E-state index in [1.165, 1.54) is 7.11 Å². The highest BCUT2D eigenvalue weighted by Gasteiger charge is 2.24. The van der Waals surface area contributed by atoms with Gasteiger partial charge in [0, 0.05) is 5.56 Å². The van der Waals surface area contributed by atoms with Crippen molar-refractivity contribution in [2.75, 3.05) is 24.2 Å². The second-order valence-corrected chi connectivity index (χ2v) is 8.51. The fraction of sp³-hybridized carbons (Fsp3) is 0.250. The Kier molecular flexibility index (Phi) is 6.36. The quantitative estimate of drug-likeness (QED) is 0.582. The van der Waals surface area contributed by atoms with E-state index in [0.29, 0.717) is 17.3 Å². The molecule has 1 heterocycles. The summed E-state index contributed by atoms with van der Waals surface area (Å²) in [4.78, 5) is 16.7. The van der Waals surface area contributed by atoms with Gasteiger partial charge in [0.15, 0.2) is 0 Å². The van der Waals surface area contributed by atoms with Gasteiger partial charge >= 0.3 is 0 Å². The van der Waals surface area contributed by atoms with Crippen LogP contribution in [0.15, 0.2) is 53.1 Å². The van der Waals surface area contributed by atoms with Crippen molar-refractivity contribution < 1.29 is 22.5 Å². The van der Waals surface area contributed by atoms with Crippen LogP contribution in [-0.2, 0) is 21.4 Å². The Balaban J connectivity index is 1.71. The summed E-state index contributed by atoms with van der Waals surface area (Å²) >= 11 is 0. The Morgan fingerprint density at radius 3 is 2.60 bits per heavy atom. The van der Waals surface area contributed by atoms with E-state index < -0.39 is 22.5 Å². The van der Waals surface area contributed by atoms with E-state index in [0.717, 1.165) is 21.7 Å². The zero-order chi connectivity index (χ0) is 21.7. The van der Waals surface area contributed by atoms with E-state index in [1.54, 1.807) is 18.2 Å². The summed E-state index contributed by atoms with van der Waals surface area (Å²) in [5, 5.41) is 6.49. The minimum atomic E-state index is -3.74. The zero-order valence-corrected chi connectivity index (χ0v) is 17.6. The van der Waals surface area contributed by atoms with Gasteiger partial charge in [-0.25, -0.2) is 8.42 Å². The zero-order valence-electron chi connectivity index (χ0n) is 16.8. The molecule has 2 aromatic carbocycles. The molecule has 158 valence electrons. The van der Waals surface area contributed by atoms with Gasteiger partial charge in [-0.05, 0) is 24.6 Å². The first kappa shape index (κ1) is 21.3. The van der Waals surface area contributed by atoms with Crippen molar-refractivity contribution in [2.24, 2.45) is 0 Å². The Morgan fingerprint density at radius 2 is 1.93 bits per heavy atom. The van der Waals surface area contributed by atoms with E-state index in [1.807, 2.05) is 37.3 Å². The second-order valence-electron chi connectivity index (χ2n) is 6.60. The summed E-state index contributed by atoms with van der Waals surface area (Å²) in [6.07, 6.45) is 1.03. The van der Waals surface area contributed by atoms with Crippen molar-refractivity contribution in [3.63, 3.8) is 0 Å². The van der Waals surface area contributed by atoms with E-state index in [4.69, 9.17) is 9.26 Å². The topological polar surface area (TPSA) is 115 Å². The van der Waals surface area contributed by atoms with Crippen molar-refractivity contribution in [3.8, 4) is 17.1 Å². The van der Waals surface area contributed by atoms with Crippen LogP contribution < -0.4 is 14.4 Å². The minimum absolute atomic E-state index is 0.0266. The van der Waals surface area contributed by atoms with Gasteiger partial charge in [-0.3, -0.25) is 9.10 Å². The molecular weight excluding hydrogens is 408 g/mol. The van der Waals surface area contributed by atoms with E-state index in [2.05, 4.69) is 15.5 Å². The summed E-state index contributed by atoms with van der Waals surface area (Å²) in [6, 6.07) is 14.4. The van der Waals surface area contributed by atoms with Crippen LogP contribution in [0.25, 0.3) is 11.4 Å². The molecule has 10 heteroatoms. The van der Waals surface area contributed by atoms with Crippen molar-refractivity contribution in [1.82, 2.24) is 15.5 Å². The highest BCUT2D eigenvalue weighted by Crippen LogP contribution is 2.30. The third kappa shape index (κ3) is 5.15. The van der Waals surface area contributed by atoms with E-state index >= 15 is 0 Å². The van der Waals surface area contributed by atoms with Gasteiger partial charge in [-0.2, -0.15) is 4.98 Å². The highest BCUT2D eigenvalue weighted by atomic mass is 32.2. The molecule has 0 radical (unpaired) electrons.